The predicted octanol–water partition coefficient (Wildman–Crippen LogP) is 2.62. The van der Waals surface area contributed by atoms with Gasteiger partial charge < -0.3 is 10.4 Å². The molecule has 3 nitrogen and oxygen atoms in total. The van der Waals surface area contributed by atoms with Crippen molar-refractivity contribution >= 4 is 0 Å². The molecule has 0 fully saturated rings. The predicted molar refractivity (Wildman–Crippen MR) is 72.3 cm³/mol. The number of alkyl halides is 3. The van der Waals surface area contributed by atoms with E-state index in [0.717, 1.165) is 11.8 Å². The highest BCUT2D eigenvalue weighted by Crippen LogP contribution is 2.38. The molecule has 0 aliphatic heterocycles. The SMILES string of the molecule is OC(CNCc1ccccc1)(c1cccnc1)C(F)(F)F. The van der Waals surface area contributed by atoms with Gasteiger partial charge in [0.2, 0.25) is 0 Å². The lowest BCUT2D eigenvalue weighted by Gasteiger charge is -2.31. The van der Waals surface area contributed by atoms with Gasteiger partial charge in [0.1, 0.15) is 0 Å². The van der Waals surface area contributed by atoms with Crippen LogP contribution < -0.4 is 5.32 Å². The summed E-state index contributed by atoms with van der Waals surface area (Å²) in [4.78, 5) is 3.64. The highest BCUT2D eigenvalue weighted by Gasteiger charge is 2.54. The van der Waals surface area contributed by atoms with E-state index in [1.807, 2.05) is 6.07 Å². The molecule has 0 spiro atoms. The second-order valence-electron chi connectivity index (χ2n) is 4.69. The highest BCUT2D eigenvalue weighted by atomic mass is 19.4. The van der Waals surface area contributed by atoms with Crippen molar-refractivity contribution in [3.63, 3.8) is 0 Å². The van der Waals surface area contributed by atoms with Crippen LogP contribution in [0.2, 0.25) is 0 Å². The molecule has 1 unspecified atom stereocenters. The van der Waals surface area contributed by atoms with Crippen molar-refractivity contribution in [2.75, 3.05) is 6.54 Å². The minimum Gasteiger partial charge on any atom is -0.375 e. The van der Waals surface area contributed by atoms with E-state index >= 15 is 0 Å². The zero-order valence-corrected chi connectivity index (χ0v) is 11.1. The summed E-state index contributed by atoms with van der Waals surface area (Å²) < 4.78 is 39.6. The van der Waals surface area contributed by atoms with Gasteiger partial charge in [0, 0.05) is 31.0 Å². The van der Waals surface area contributed by atoms with Gasteiger partial charge in [-0.2, -0.15) is 13.2 Å². The molecule has 0 aliphatic rings. The Morgan fingerprint density at radius 3 is 2.33 bits per heavy atom. The first-order chi connectivity index (χ1) is 9.93. The van der Waals surface area contributed by atoms with Gasteiger partial charge in [-0.05, 0) is 11.6 Å². The van der Waals surface area contributed by atoms with Crippen LogP contribution in [0.5, 0.6) is 0 Å². The molecule has 21 heavy (non-hydrogen) atoms. The summed E-state index contributed by atoms with van der Waals surface area (Å²) >= 11 is 0. The fourth-order valence-electron chi connectivity index (χ4n) is 1.96. The van der Waals surface area contributed by atoms with Gasteiger partial charge in [0.25, 0.3) is 0 Å². The van der Waals surface area contributed by atoms with Gasteiger partial charge in [0.15, 0.2) is 5.60 Å². The molecule has 0 radical (unpaired) electrons. The molecule has 1 atom stereocenters. The molecule has 1 heterocycles. The minimum atomic E-state index is -4.79. The fraction of sp³-hybridized carbons (Fsp3) is 0.267. The molecular formula is C15H15F3N2O. The maximum absolute atomic E-state index is 13.2. The number of halogens is 3. The van der Waals surface area contributed by atoms with Gasteiger partial charge >= 0.3 is 6.18 Å². The van der Waals surface area contributed by atoms with Crippen molar-refractivity contribution in [1.82, 2.24) is 10.3 Å². The summed E-state index contributed by atoms with van der Waals surface area (Å²) in [5, 5.41) is 12.7. The highest BCUT2D eigenvalue weighted by molar-refractivity contribution is 5.21. The van der Waals surface area contributed by atoms with Crippen LogP contribution in [0.15, 0.2) is 54.9 Å². The van der Waals surface area contributed by atoms with Crippen LogP contribution in [0.3, 0.4) is 0 Å². The van der Waals surface area contributed by atoms with Crippen LogP contribution >= 0.6 is 0 Å². The Hall–Kier alpha value is -1.92. The molecule has 2 rings (SSSR count). The molecule has 0 bridgehead atoms. The maximum atomic E-state index is 13.2. The number of aromatic nitrogens is 1. The van der Waals surface area contributed by atoms with Crippen LogP contribution in [0.1, 0.15) is 11.1 Å². The molecule has 1 aromatic heterocycles. The first-order valence-electron chi connectivity index (χ1n) is 6.38. The summed E-state index contributed by atoms with van der Waals surface area (Å²) in [5.74, 6) is 0. The van der Waals surface area contributed by atoms with E-state index in [9.17, 15) is 18.3 Å². The van der Waals surface area contributed by atoms with E-state index in [2.05, 4.69) is 10.3 Å². The van der Waals surface area contributed by atoms with Gasteiger partial charge in [-0.25, -0.2) is 0 Å². The van der Waals surface area contributed by atoms with E-state index in [0.29, 0.717) is 0 Å². The standard InChI is InChI=1S/C15H15F3N2O/c16-15(17,18)14(21,13-7-4-8-19-10-13)11-20-9-12-5-2-1-3-6-12/h1-8,10,20-21H,9,11H2. The van der Waals surface area contributed by atoms with Crippen molar-refractivity contribution in [2.45, 2.75) is 18.3 Å². The van der Waals surface area contributed by atoms with Crippen molar-refractivity contribution < 1.29 is 18.3 Å². The summed E-state index contributed by atoms with van der Waals surface area (Å²) in [7, 11) is 0. The van der Waals surface area contributed by atoms with Crippen LogP contribution in [-0.4, -0.2) is 22.8 Å². The topological polar surface area (TPSA) is 45.1 Å². The second-order valence-corrected chi connectivity index (χ2v) is 4.69. The Morgan fingerprint density at radius 2 is 1.76 bits per heavy atom. The van der Waals surface area contributed by atoms with E-state index < -0.39 is 18.3 Å². The van der Waals surface area contributed by atoms with Crippen molar-refractivity contribution in [2.24, 2.45) is 0 Å². The minimum absolute atomic E-state index is 0.236. The molecule has 0 amide bonds. The number of benzene rings is 1. The average Bonchev–Trinajstić information content (AvgIpc) is 2.48. The third-order valence-corrected chi connectivity index (χ3v) is 3.16. The number of rotatable bonds is 5. The monoisotopic (exact) mass is 296 g/mol. The van der Waals surface area contributed by atoms with E-state index in [1.54, 1.807) is 24.3 Å². The summed E-state index contributed by atoms with van der Waals surface area (Å²) in [6, 6.07) is 11.6. The van der Waals surface area contributed by atoms with Crippen LogP contribution in [-0.2, 0) is 12.1 Å². The van der Waals surface area contributed by atoms with Crippen LogP contribution in [0.4, 0.5) is 13.2 Å². The van der Waals surface area contributed by atoms with E-state index in [-0.39, 0.29) is 12.1 Å². The molecule has 0 saturated heterocycles. The Labute approximate surface area is 120 Å². The zero-order valence-electron chi connectivity index (χ0n) is 11.1. The Kier molecular flexibility index (Phi) is 4.59. The summed E-state index contributed by atoms with van der Waals surface area (Å²) in [6.45, 7) is -0.406. The summed E-state index contributed by atoms with van der Waals surface area (Å²) in [5.41, 5.74) is -2.40. The fourth-order valence-corrected chi connectivity index (χ4v) is 1.96. The van der Waals surface area contributed by atoms with Crippen LogP contribution in [0.25, 0.3) is 0 Å². The van der Waals surface area contributed by atoms with Gasteiger partial charge in [-0.3, -0.25) is 4.98 Å². The number of pyridine rings is 1. The van der Waals surface area contributed by atoms with Crippen molar-refractivity contribution in [3.05, 3.63) is 66.0 Å². The van der Waals surface area contributed by atoms with Crippen LogP contribution in [0, 0.1) is 0 Å². The molecular weight excluding hydrogens is 281 g/mol. The largest absolute Gasteiger partial charge is 0.422 e. The Balaban J connectivity index is 2.11. The first-order valence-corrected chi connectivity index (χ1v) is 6.38. The average molecular weight is 296 g/mol. The molecule has 0 saturated carbocycles. The van der Waals surface area contributed by atoms with Crippen molar-refractivity contribution in [3.8, 4) is 0 Å². The quantitative estimate of drug-likeness (QED) is 0.891. The lowest BCUT2D eigenvalue weighted by Crippen LogP contribution is -2.49. The van der Waals surface area contributed by atoms with Crippen molar-refractivity contribution in [1.29, 1.82) is 0 Å². The number of hydrogen-bond donors (Lipinski definition) is 2. The smallest absolute Gasteiger partial charge is 0.375 e. The third-order valence-electron chi connectivity index (χ3n) is 3.16. The maximum Gasteiger partial charge on any atom is 0.422 e. The first kappa shape index (κ1) is 15.5. The molecule has 1 aromatic carbocycles. The zero-order chi connectivity index (χ0) is 15.3. The number of nitrogens with one attached hydrogen (secondary N) is 1. The molecule has 0 aliphatic carbocycles. The lowest BCUT2D eigenvalue weighted by atomic mass is 9.94. The Bertz CT molecular complexity index is 560. The molecule has 2 aromatic rings. The number of aliphatic hydroxyl groups is 1. The normalized spacial score (nSPS) is 14.7. The third kappa shape index (κ3) is 3.59. The Morgan fingerprint density at radius 1 is 1.05 bits per heavy atom. The van der Waals surface area contributed by atoms with E-state index in [4.69, 9.17) is 0 Å². The molecule has 112 valence electrons. The lowest BCUT2D eigenvalue weighted by molar-refractivity contribution is -0.264. The summed E-state index contributed by atoms with van der Waals surface area (Å²) in [6.07, 6.45) is -2.41. The van der Waals surface area contributed by atoms with Gasteiger partial charge in [0.05, 0.1) is 0 Å². The van der Waals surface area contributed by atoms with E-state index in [1.165, 1.54) is 18.3 Å². The van der Waals surface area contributed by atoms with Gasteiger partial charge in [-0.1, -0.05) is 36.4 Å². The molecule has 2 N–H and O–H groups in total. The molecule has 6 heteroatoms. The number of nitrogens with zero attached hydrogens (tertiary/aromatic N) is 1. The second kappa shape index (κ2) is 6.24. The van der Waals surface area contributed by atoms with Gasteiger partial charge in [-0.15, -0.1) is 0 Å². The number of hydrogen-bond acceptors (Lipinski definition) is 3.